The summed E-state index contributed by atoms with van der Waals surface area (Å²) < 4.78 is 138. The molecule has 0 N–H and O–H groups in total. The molecule has 31 heavy (non-hydrogen) atoms. The van der Waals surface area contributed by atoms with Gasteiger partial charge in [-0.05, 0) is 19.1 Å². The van der Waals surface area contributed by atoms with Gasteiger partial charge in [-0.2, -0.15) is 0 Å². The Balaban J connectivity index is 2.13. The van der Waals surface area contributed by atoms with Crippen LogP contribution >= 0.6 is 23.5 Å². The van der Waals surface area contributed by atoms with Crippen molar-refractivity contribution in [2.24, 2.45) is 0 Å². The molecular weight excluding hydrogens is 482 g/mol. The van der Waals surface area contributed by atoms with Crippen LogP contribution in [0.4, 0.5) is 43.9 Å². The maximum atomic E-state index is 14.8. The average molecular weight is 488 g/mol. The number of hydrogen-bond acceptors (Lipinski definition) is 2. The highest BCUT2D eigenvalue weighted by molar-refractivity contribution is 8.00. The molecule has 3 aromatic carbocycles. The smallest absolute Gasteiger partial charge is 0.175 e. The molecule has 0 aliphatic rings. The van der Waals surface area contributed by atoms with Crippen LogP contribution in [-0.4, -0.2) is 0 Å². The normalized spacial score (nSPS) is 11.3. The lowest BCUT2D eigenvalue weighted by Crippen LogP contribution is -2.01. The van der Waals surface area contributed by atoms with Gasteiger partial charge in [0, 0.05) is 11.6 Å². The molecule has 0 unspecified atom stereocenters. The second kappa shape index (κ2) is 8.65. The predicted octanol–water partition coefficient (Wildman–Crippen LogP) is 7.69. The van der Waals surface area contributed by atoms with Gasteiger partial charge in [0.05, 0.1) is 19.6 Å². The van der Waals surface area contributed by atoms with Crippen molar-refractivity contribution in [3.63, 3.8) is 0 Å². The van der Waals surface area contributed by atoms with Crippen LogP contribution in [0.5, 0.6) is 0 Å². The highest BCUT2D eigenvalue weighted by atomic mass is 32.2. The summed E-state index contributed by atoms with van der Waals surface area (Å²) in [5.41, 5.74) is -0.811. The molecule has 0 saturated carbocycles. The van der Waals surface area contributed by atoms with Gasteiger partial charge in [-0.25, -0.2) is 43.9 Å². The first-order chi connectivity index (χ1) is 14.4. The molecule has 0 heterocycles. The Morgan fingerprint density at radius 3 is 1.29 bits per heavy atom. The first kappa shape index (κ1) is 23.3. The summed E-state index contributed by atoms with van der Waals surface area (Å²) in [6.07, 6.45) is 0. The van der Waals surface area contributed by atoms with Gasteiger partial charge in [-0.1, -0.05) is 23.5 Å². The lowest BCUT2D eigenvalue weighted by atomic mass is 10.2. The Morgan fingerprint density at radius 1 is 0.452 bits per heavy atom. The first-order valence-corrected chi connectivity index (χ1v) is 9.57. The van der Waals surface area contributed by atoms with Crippen molar-refractivity contribution in [2.45, 2.75) is 26.5 Å². The van der Waals surface area contributed by atoms with E-state index < -0.39 is 83.3 Å². The van der Waals surface area contributed by atoms with E-state index in [9.17, 15) is 43.9 Å². The third kappa shape index (κ3) is 4.22. The summed E-state index contributed by atoms with van der Waals surface area (Å²) in [5.74, 6) is -17.2. The van der Waals surface area contributed by atoms with Crippen LogP contribution in [0.1, 0.15) is 5.56 Å². The molecule has 0 spiro atoms. The van der Waals surface area contributed by atoms with E-state index in [2.05, 4.69) is 0 Å². The molecule has 0 amide bonds. The SMILES string of the molecule is Cc1c(F)c(F)cc(Sc2c(F)c(F)cc(Sc3c(F)c(F)cc(F)c3F)c2F)c1F. The first-order valence-electron chi connectivity index (χ1n) is 7.94. The van der Waals surface area contributed by atoms with Crippen molar-refractivity contribution in [3.8, 4) is 0 Å². The summed E-state index contributed by atoms with van der Waals surface area (Å²) in [6, 6.07) is 0.333. The van der Waals surface area contributed by atoms with Gasteiger partial charge < -0.3 is 0 Å². The van der Waals surface area contributed by atoms with E-state index >= 15 is 0 Å². The fraction of sp³-hybridized carbons (Fsp3) is 0.0526. The highest BCUT2D eigenvalue weighted by Crippen LogP contribution is 2.42. The molecule has 0 atom stereocenters. The molecule has 12 heteroatoms. The van der Waals surface area contributed by atoms with Crippen LogP contribution in [-0.2, 0) is 0 Å². The fourth-order valence-electron chi connectivity index (χ4n) is 2.36. The number of rotatable bonds is 4. The zero-order valence-corrected chi connectivity index (χ0v) is 16.5. The standard InChI is InChI=1S/C19H6F10S2/c1-5-12(24)8(22)3-10(13(5)25)30-19-16(28)9(23)4-11(17(19)29)31-18-14(26)6(20)2-7(21)15(18)27/h2-4H,1H3. The monoisotopic (exact) mass is 488 g/mol. The quantitative estimate of drug-likeness (QED) is 0.273. The molecule has 0 aromatic heterocycles. The van der Waals surface area contributed by atoms with Gasteiger partial charge in [0.15, 0.2) is 52.4 Å². The third-order valence-electron chi connectivity index (χ3n) is 3.92. The average Bonchev–Trinajstić information content (AvgIpc) is 2.72. The summed E-state index contributed by atoms with van der Waals surface area (Å²) in [5, 5.41) is 0. The molecule has 0 aliphatic carbocycles. The molecule has 0 saturated heterocycles. The summed E-state index contributed by atoms with van der Waals surface area (Å²) in [7, 11) is 0. The van der Waals surface area contributed by atoms with Crippen LogP contribution in [0.15, 0.2) is 37.8 Å². The van der Waals surface area contributed by atoms with Crippen molar-refractivity contribution >= 4 is 23.5 Å². The summed E-state index contributed by atoms with van der Waals surface area (Å²) >= 11 is -0.459. The molecular formula is C19H6F10S2. The maximum Gasteiger partial charge on any atom is 0.175 e. The van der Waals surface area contributed by atoms with Crippen LogP contribution in [0.25, 0.3) is 0 Å². The molecule has 0 radical (unpaired) electrons. The lowest BCUT2D eigenvalue weighted by Gasteiger charge is -2.13. The molecule has 3 rings (SSSR count). The fourth-order valence-corrected chi connectivity index (χ4v) is 4.38. The van der Waals surface area contributed by atoms with Crippen LogP contribution in [0, 0.1) is 65.1 Å². The van der Waals surface area contributed by atoms with Crippen LogP contribution < -0.4 is 0 Å². The predicted molar refractivity (Wildman–Crippen MR) is 91.9 cm³/mol. The lowest BCUT2D eigenvalue weighted by molar-refractivity contribution is 0.425. The topological polar surface area (TPSA) is 0 Å². The molecule has 0 aliphatic heterocycles. The molecule has 0 nitrogen and oxygen atoms in total. The number of halogens is 10. The molecule has 3 aromatic rings. The second-order valence-electron chi connectivity index (χ2n) is 5.92. The highest BCUT2D eigenvalue weighted by Gasteiger charge is 2.27. The van der Waals surface area contributed by atoms with E-state index in [1.165, 1.54) is 0 Å². The van der Waals surface area contributed by atoms with E-state index in [0.29, 0.717) is 0 Å². The summed E-state index contributed by atoms with van der Waals surface area (Å²) in [4.78, 5) is -4.47. The largest absolute Gasteiger partial charge is 0.205 e. The van der Waals surface area contributed by atoms with E-state index in [1.807, 2.05) is 0 Å². The van der Waals surface area contributed by atoms with E-state index in [1.54, 1.807) is 0 Å². The molecule has 0 bridgehead atoms. The van der Waals surface area contributed by atoms with Gasteiger partial charge in [0.2, 0.25) is 0 Å². The van der Waals surface area contributed by atoms with E-state index in [0.717, 1.165) is 6.92 Å². The van der Waals surface area contributed by atoms with Gasteiger partial charge in [-0.15, -0.1) is 0 Å². The summed E-state index contributed by atoms with van der Waals surface area (Å²) in [6.45, 7) is 0.849. The minimum Gasteiger partial charge on any atom is -0.205 e. The second-order valence-corrected chi connectivity index (χ2v) is 8.03. The van der Waals surface area contributed by atoms with E-state index in [4.69, 9.17) is 0 Å². The minimum absolute atomic E-state index is 0.105. The van der Waals surface area contributed by atoms with Crippen molar-refractivity contribution in [1.82, 2.24) is 0 Å². The van der Waals surface area contributed by atoms with Crippen molar-refractivity contribution in [2.75, 3.05) is 0 Å². The minimum atomic E-state index is -1.91. The van der Waals surface area contributed by atoms with Crippen LogP contribution in [0.3, 0.4) is 0 Å². The van der Waals surface area contributed by atoms with Gasteiger partial charge in [-0.3, -0.25) is 0 Å². The van der Waals surface area contributed by atoms with Gasteiger partial charge in [0.1, 0.15) is 5.82 Å². The Hall–Kier alpha value is -2.34. The number of hydrogen-bond donors (Lipinski definition) is 0. The molecule has 164 valence electrons. The van der Waals surface area contributed by atoms with Gasteiger partial charge in [0.25, 0.3) is 0 Å². The Morgan fingerprint density at radius 2 is 0.806 bits per heavy atom. The number of benzene rings is 3. The maximum absolute atomic E-state index is 14.8. The Bertz CT molecular complexity index is 1180. The zero-order chi connectivity index (χ0) is 23.2. The molecule has 0 fully saturated rings. The van der Waals surface area contributed by atoms with Crippen molar-refractivity contribution in [1.29, 1.82) is 0 Å². The third-order valence-corrected chi connectivity index (χ3v) is 6.08. The van der Waals surface area contributed by atoms with E-state index in [-0.39, 0.29) is 41.7 Å². The van der Waals surface area contributed by atoms with Crippen molar-refractivity contribution in [3.05, 3.63) is 81.9 Å². The Kier molecular flexibility index (Phi) is 6.51. The van der Waals surface area contributed by atoms with Crippen molar-refractivity contribution < 1.29 is 43.9 Å². The Labute approximate surface area is 176 Å². The zero-order valence-electron chi connectivity index (χ0n) is 14.8. The van der Waals surface area contributed by atoms with Gasteiger partial charge >= 0.3 is 0 Å². The van der Waals surface area contributed by atoms with Crippen LogP contribution in [0.2, 0.25) is 0 Å².